The van der Waals surface area contributed by atoms with Gasteiger partial charge < -0.3 is 4.90 Å². The number of benzene rings is 2. The number of thioether (sulfide) groups is 1. The van der Waals surface area contributed by atoms with Gasteiger partial charge in [-0.2, -0.15) is 0 Å². The summed E-state index contributed by atoms with van der Waals surface area (Å²) in [6.45, 7) is 0. The number of carbonyl (C=O) groups is 2. The van der Waals surface area contributed by atoms with Crippen molar-refractivity contribution < 1.29 is 9.59 Å². The van der Waals surface area contributed by atoms with Gasteiger partial charge in [-0.1, -0.05) is 36.1 Å². The minimum Gasteiger partial charge on any atom is -0.378 e. The monoisotopic (exact) mass is 368 g/mol. The summed E-state index contributed by atoms with van der Waals surface area (Å²) in [5, 5.41) is 0. The second kappa shape index (κ2) is 7.21. The standard InChI is InChI=1S/C19H16N2O2S2/c1-20(2)15-7-3-13(4-8-15)11-17-18(23)21(19(24)25-17)16-9-5-14(12-22)6-10-16/h3-12H,1-2H3/b17-11-. The van der Waals surface area contributed by atoms with Gasteiger partial charge in [0.1, 0.15) is 6.29 Å². The molecule has 0 atom stereocenters. The van der Waals surface area contributed by atoms with Crippen LogP contribution in [0.3, 0.4) is 0 Å². The van der Waals surface area contributed by atoms with E-state index in [1.54, 1.807) is 24.3 Å². The second-order valence-corrected chi connectivity index (χ2v) is 7.39. The highest BCUT2D eigenvalue weighted by molar-refractivity contribution is 8.27. The van der Waals surface area contributed by atoms with Gasteiger partial charge in [0, 0.05) is 25.3 Å². The lowest BCUT2D eigenvalue weighted by Gasteiger charge is -2.14. The van der Waals surface area contributed by atoms with Crippen LogP contribution in [0.25, 0.3) is 6.08 Å². The Morgan fingerprint density at radius 1 is 1.00 bits per heavy atom. The van der Waals surface area contributed by atoms with Gasteiger partial charge in [-0.05, 0) is 48.0 Å². The van der Waals surface area contributed by atoms with Crippen molar-refractivity contribution in [2.45, 2.75) is 0 Å². The number of carbonyl (C=O) groups excluding carboxylic acids is 2. The van der Waals surface area contributed by atoms with Gasteiger partial charge in [-0.15, -0.1) is 0 Å². The molecule has 1 saturated heterocycles. The quantitative estimate of drug-likeness (QED) is 0.464. The van der Waals surface area contributed by atoms with Gasteiger partial charge in [-0.25, -0.2) is 0 Å². The largest absolute Gasteiger partial charge is 0.378 e. The Morgan fingerprint density at radius 2 is 1.60 bits per heavy atom. The zero-order valence-electron chi connectivity index (χ0n) is 13.8. The molecular formula is C19H16N2O2S2. The lowest BCUT2D eigenvalue weighted by molar-refractivity contribution is -0.113. The minimum atomic E-state index is -0.148. The first-order valence-electron chi connectivity index (χ1n) is 7.60. The van der Waals surface area contributed by atoms with Crippen molar-refractivity contribution in [3.8, 4) is 0 Å². The third kappa shape index (κ3) is 3.65. The van der Waals surface area contributed by atoms with Gasteiger partial charge in [0.15, 0.2) is 4.32 Å². The van der Waals surface area contributed by atoms with E-state index in [0.29, 0.717) is 20.5 Å². The summed E-state index contributed by atoms with van der Waals surface area (Å²) in [4.78, 5) is 27.6. The van der Waals surface area contributed by atoms with E-state index in [9.17, 15) is 9.59 Å². The van der Waals surface area contributed by atoms with E-state index in [2.05, 4.69) is 0 Å². The fourth-order valence-corrected chi connectivity index (χ4v) is 3.71. The maximum absolute atomic E-state index is 12.7. The Hall–Kier alpha value is -2.44. The highest BCUT2D eigenvalue weighted by atomic mass is 32.2. The molecule has 1 amide bonds. The molecule has 0 bridgehead atoms. The van der Waals surface area contributed by atoms with E-state index >= 15 is 0 Å². The van der Waals surface area contributed by atoms with Crippen molar-refractivity contribution in [1.29, 1.82) is 0 Å². The fraction of sp³-hybridized carbons (Fsp3) is 0.105. The molecule has 3 rings (SSSR count). The zero-order valence-corrected chi connectivity index (χ0v) is 15.4. The molecule has 1 fully saturated rings. The van der Waals surface area contributed by atoms with E-state index in [4.69, 9.17) is 12.2 Å². The van der Waals surface area contributed by atoms with Crippen LogP contribution in [0.5, 0.6) is 0 Å². The van der Waals surface area contributed by atoms with E-state index in [-0.39, 0.29) is 5.91 Å². The van der Waals surface area contributed by atoms with Crippen molar-refractivity contribution >= 4 is 57.9 Å². The van der Waals surface area contributed by atoms with Crippen molar-refractivity contribution in [3.63, 3.8) is 0 Å². The molecule has 0 radical (unpaired) electrons. The maximum atomic E-state index is 12.7. The molecule has 4 nitrogen and oxygen atoms in total. The predicted octanol–water partition coefficient (Wildman–Crippen LogP) is 3.97. The average molecular weight is 368 g/mol. The molecule has 2 aromatic rings. The van der Waals surface area contributed by atoms with Crippen LogP contribution in [0, 0.1) is 0 Å². The van der Waals surface area contributed by atoms with Crippen molar-refractivity contribution in [2.75, 3.05) is 23.9 Å². The predicted molar refractivity (Wildman–Crippen MR) is 108 cm³/mol. The number of aldehydes is 1. The van der Waals surface area contributed by atoms with E-state index in [0.717, 1.165) is 17.5 Å². The summed E-state index contributed by atoms with van der Waals surface area (Å²) in [6, 6.07) is 14.7. The number of anilines is 2. The SMILES string of the molecule is CN(C)c1ccc(/C=C2\SC(=S)N(c3ccc(C=O)cc3)C2=O)cc1. The normalized spacial score (nSPS) is 15.8. The van der Waals surface area contributed by atoms with E-state index in [1.165, 1.54) is 16.7 Å². The molecule has 1 aliphatic rings. The Bertz CT molecular complexity index is 856. The molecule has 0 aromatic heterocycles. The summed E-state index contributed by atoms with van der Waals surface area (Å²) in [5.41, 5.74) is 3.27. The smallest absolute Gasteiger partial charge is 0.270 e. The fourth-order valence-electron chi connectivity index (χ4n) is 2.41. The number of thiocarbonyl (C=S) groups is 1. The topological polar surface area (TPSA) is 40.6 Å². The molecule has 1 heterocycles. The summed E-state index contributed by atoms with van der Waals surface area (Å²) in [7, 11) is 3.96. The lowest BCUT2D eigenvalue weighted by atomic mass is 10.1. The first-order valence-corrected chi connectivity index (χ1v) is 8.82. The number of rotatable bonds is 4. The van der Waals surface area contributed by atoms with Crippen molar-refractivity contribution in [2.24, 2.45) is 0 Å². The minimum absolute atomic E-state index is 0.148. The maximum Gasteiger partial charge on any atom is 0.270 e. The Balaban J connectivity index is 1.85. The first-order chi connectivity index (χ1) is 12.0. The second-order valence-electron chi connectivity index (χ2n) is 5.71. The molecule has 0 unspecified atom stereocenters. The van der Waals surface area contributed by atoms with Crippen LogP contribution in [-0.2, 0) is 4.79 Å². The number of nitrogens with zero attached hydrogens (tertiary/aromatic N) is 2. The van der Waals surface area contributed by atoms with Crippen LogP contribution in [0.15, 0.2) is 53.4 Å². The summed E-state index contributed by atoms with van der Waals surface area (Å²) < 4.78 is 0.486. The zero-order chi connectivity index (χ0) is 18.0. The van der Waals surface area contributed by atoms with Crippen molar-refractivity contribution in [1.82, 2.24) is 0 Å². The third-order valence-electron chi connectivity index (χ3n) is 3.79. The van der Waals surface area contributed by atoms with E-state index < -0.39 is 0 Å². The molecule has 126 valence electrons. The number of amides is 1. The Morgan fingerprint density at radius 3 is 2.16 bits per heavy atom. The molecular weight excluding hydrogens is 352 g/mol. The van der Waals surface area contributed by atoms with Crippen LogP contribution in [0.2, 0.25) is 0 Å². The Labute approximate surface area is 156 Å². The average Bonchev–Trinajstić information content (AvgIpc) is 2.89. The first kappa shape index (κ1) is 17.4. The van der Waals surface area contributed by atoms with Crippen LogP contribution >= 0.6 is 24.0 Å². The molecule has 1 aliphatic heterocycles. The van der Waals surface area contributed by atoms with Gasteiger partial charge in [0.25, 0.3) is 5.91 Å². The molecule has 0 aliphatic carbocycles. The van der Waals surface area contributed by atoms with Gasteiger partial charge >= 0.3 is 0 Å². The van der Waals surface area contributed by atoms with E-state index in [1.807, 2.05) is 49.3 Å². The van der Waals surface area contributed by atoms with Crippen LogP contribution in [-0.4, -0.2) is 30.6 Å². The third-order valence-corrected chi connectivity index (χ3v) is 5.09. The lowest BCUT2D eigenvalue weighted by Crippen LogP contribution is -2.27. The van der Waals surface area contributed by atoms with Gasteiger partial charge in [-0.3, -0.25) is 14.5 Å². The van der Waals surface area contributed by atoms with Crippen molar-refractivity contribution in [3.05, 3.63) is 64.6 Å². The van der Waals surface area contributed by atoms with Crippen LogP contribution in [0.4, 0.5) is 11.4 Å². The highest BCUT2D eigenvalue weighted by Gasteiger charge is 2.33. The molecule has 6 heteroatoms. The highest BCUT2D eigenvalue weighted by Crippen LogP contribution is 2.36. The molecule has 25 heavy (non-hydrogen) atoms. The number of hydrogen-bond donors (Lipinski definition) is 0. The molecule has 2 aromatic carbocycles. The molecule has 0 spiro atoms. The molecule has 0 saturated carbocycles. The van der Waals surface area contributed by atoms with Crippen LogP contribution in [0.1, 0.15) is 15.9 Å². The van der Waals surface area contributed by atoms with Crippen LogP contribution < -0.4 is 9.80 Å². The number of hydrogen-bond acceptors (Lipinski definition) is 5. The summed E-state index contributed by atoms with van der Waals surface area (Å²) in [5.74, 6) is -0.148. The summed E-state index contributed by atoms with van der Waals surface area (Å²) in [6.07, 6.45) is 2.61. The summed E-state index contributed by atoms with van der Waals surface area (Å²) >= 11 is 6.64. The van der Waals surface area contributed by atoms with Gasteiger partial charge in [0.2, 0.25) is 0 Å². The van der Waals surface area contributed by atoms with Gasteiger partial charge in [0.05, 0.1) is 10.6 Å². The molecule has 0 N–H and O–H groups in total. The Kier molecular flexibility index (Phi) is 5.01.